The molecular weight excluding hydrogens is 560 g/mol. The fraction of sp³-hybridized carbons (Fsp3) is 0.0588. The third-order valence-corrected chi connectivity index (χ3v) is 7.71. The van der Waals surface area contributed by atoms with Crippen LogP contribution in [0.4, 0.5) is 52.7 Å². The molecule has 0 N–H and O–H groups in total. The summed E-state index contributed by atoms with van der Waals surface area (Å²) in [4.78, 5) is 0. The van der Waals surface area contributed by atoms with Crippen molar-refractivity contribution in [1.29, 1.82) is 0 Å². The molecule has 0 aliphatic heterocycles. The van der Waals surface area contributed by atoms with E-state index >= 15 is 0 Å². The Kier molecular flexibility index (Phi) is 7.70. The highest BCUT2D eigenvalue weighted by Crippen LogP contribution is 2.33. The van der Waals surface area contributed by atoms with E-state index in [0.717, 1.165) is 0 Å². The third kappa shape index (κ3) is 5.16. The molecule has 4 nitrogen and oxygen atoms in total. The maximum Gasteiger partial charge on any atom is 0.251 e. The Labute approximate surface area is 186 Å². The van der Waals surface area contributed by atoms with Crippen LogP contribution in [-0.4, -0.2) is 21.9 Å². The van der Waals surface area contributed by atoms with Gasteiger partial charge in [-0.05, 0) is 6.08 Å². The van der Waals surface area contributed by atoms with E-state index in [9.17, 15) is 69.5 Å². The normalized spacial score (nSPS) is 13.5. The molecule has 192 valence electrons. The van der Waals surface area contributed by atoms with Gasteiger partial charge in [-0.2, -0.15) is 4.39 Å². The Bertz CT molecular complexity index is 1450. The van der Waals surface area contributed by atoms with Crippen LogP contribution in [0.25, 0.3) is 11.9 Å². The molecule has 0 bridgehead atoms. The first-order chi connectivity index (χ1) is 15.9. The Hall–Kier alpha value is -3.02. The summed E-state index contributed by atoms with van der Waals surface area (Å²) in [5.74, 6) is -30.5. The van der Waals surface area contributed by atoms with E-state index in [4.69, 9.17) is 0 Å². The van der Waals surface area contributed by atoms with E-state index in [1.54, 1.807) is 0 Å². The molecule has 0 spiro atoms. The summed E-state index contributed by atoms with van der Waals surface area (Å²) in [7, 11) is -11.6. The Morgan fingerprint density at radius 1 is 0.571 bits per heavy atom. The van der Waals surface area contributed by atoms with Crippen molar-refractivity contribution in [3.63, 3.8) is 0 Å². The SMILES string of the molecule is O=S(=O)(/C=C\c1c(F)c(F)c(F)c(F)c1F)CS(=O)(=O)C(F)=C(F)c1c(F)c(F)c(F)c(F)c1F. The second kappa shape index (κ2) is 9.56. The van der Waals surface area contributed by atoms with Gasteiger partial charge in [0.05, 0.1) is 11.1 Å². The van der Waals surface area contributed by atoms with Gasteiger partial charge in [-0.1, -0.05) is 0 Å². The maximum absolute atomic E-state index is 14.1. The van der Waals surface area contributed by atoms with E-state index in [0.29, 0.717) is 0 Å². The summed E-state index contributed by atoms with van der Waals surface area (Å²) < 4.78 is 208. The van der Waals surface area contributed by atoms with Gasteiger partial charge >= 0.3 is 0 Å². The van der Waals surface area contributed by atoms with E-state index < -0.39 is 110 Å². The zero-order valence-electron chi connectivity index (χ0n) is 15.8. The minimum Gasteiger partial charge on any atom is -0.223 e. The van der Waals surface area contributed by atoms with E-state index in [1.807, 2.05) is 0 Å². The average Bonchev–Trinajstić information content (AvgIpc) is 2.77. The second-order valence-electron chi connectivity index (χ2n) is 6.21. The van der Waals surface area contributed by atoms with Gasteiger partial charge in [0.1, 0.15) is 0 Å². The molecule has 18 heteroatoms. The van der Waals surface area contributed by atoms with Gasteiger partial charge in [0.25, 0.3) is 5.16 Å². The van der Waals surface area contributed by atoms with Crippen molar-refractivity contribution in [2.75, 3.05) is 5.08 Å². The lowest BCUT2D eigenvalue weighted by Gasteiger charge is -2.08. The summed E-state index contributed by atoms with van der Waals surface area (Å²) in [6, 6.07) is 0. The number of halogens is 12. The molecular formula is C17H4F12O4S2. The molecule has 0 aliphatic rings. The van der Waals surface area contributed by atoms with Crippen LogP contribution < -0.4 is 0 Å². The predicted molar refractivity (Wildman–Crippen MR) is 93.3 cm³/mol. The summed E-state index contributed by atoms with van der Waals surface area (Å²) in [6.45, 7) is 0. The van der Waals surface area contributed by atoms with Crippen molar-refractivity contribution in [3.05, 3.63) is 79.9 Å². The largest absolute Gasteiger partial charge is 0.251 e. The topological polar surface area (TPSA) is 68.3 Å². The lowest BCUT2D eigenvalue weighted by atomic mass is 10.1. The first kappa shape index (κ1) is 28.2. The van der Waals surface area contributed by atoms with Gasteiger partial charge in [0, 0.05) is 5.41 Å². The molecule has 0 atom stereocenters. The first-order valence-electron chi connectivity index (χ1n) is 8.07. The van der Waals surface area contributed by atoms with Crippen molar-refractivity contribution < 1.29 is 69.5 Å². The minimum atomic E-state index is -6.15. The van der Waals surface area contributed by atoms with Crippen LogP contribution in [0.5, 0.6) is 0 Å². The summed E-state index contributed by atoms with van der Waals surface area (Å²) in [5, 5.41) is -6.40. The van der Waals surface area contributed by atoms with Gasteiger partial charge in [-0.3, -0.25) is 0 Å². The molecule has 0 saturated carbocycles. The maximum atomic E-state index is 14.1. The smallest absolute Gasteiger partial charge is 0.223 e. The lowest BCUT2D eigenvalue weighted by molar-refractivity contribution is 0.374. The number of hydrogen-bond donors (Lipinski definition) is 0. The molecule has 0 amide bonds. The number of benzene rings is 2. The average molecular weight is 564 g/mol. The zero-order chi connectivity index (χ0) is 27.2. The van der Waals surface area contributed by atoms with Crippen LogP contribution in [-0.2, 0) is 19.7 Å². The molecule has 2 aromatic carbocycles. The zero-order valence-corrected chi connectivity index (χ0v) is 17.5. The quantitative estimate of drug-likeness (QED) is 0.278. The molecule has 0 saturated heterocycles. The van der Waals surface area contributed by atoms with Crippen molar-refractivity contribution in [2.45, 2.75) is 0 Å². The highest BCUT2D eigenvalue weighted by atomic mass is 32.3. The Morgan fingerprint density at radius 2 is 0.914 bits per heavy atom. The second-order valence-corrected chi connectivity index (χ2v) is 10.3. The van der Waals surface area contributed by atoms with Gasteiger partial charge in [-0.25, -0.2) is 65.1 Å². The van der Waals surface area contributed by atoms with Crippen molar-refractivity contribution >= 4 is 31.6 Å². The van der Waals surface area contributed by atoms with Crippen LogP contribution in [0, 0.1) is 58.2 Å². The molecule has 2 rings (SSSR count). The third-order valence-electron chi connectivity index (χ3n) is 3.88. The highest BCUT2D eigenvalue weighted by molar-refractivity contribution is 8.11. The van der Waals surface area contributed by atoms with Crippen LogP contribution in [0.3, 0.4) is 0 Å². The molecule has 35 heavy (non-hydrogen) atoms. The van der Waals surface area contributed by atoms with Crippen LogP contribution in [0.15, 0.2) is 10.6 Å². The standard InChI is InChI=1S/C17H4F12O4S2/c18-6-4(7(19)12(24)15(27)11(6)23)1-2-34(30,31)3-35(32,33)17(29)10(22)5-8(20)13(25)16(28)14(26)9(5)21/h1-2H,3H2/b2-1-,17-10?. The molecule has 0 radical (unpaired) electrons. The number of hydrogen-bond acceptors (Lipinski definition) is 4. The summed E-state index contributed by atoms with van der Waals surface area (Å²) in [6.07, 6.45) is -0.330. The van der Waals surface area contributed by atoms with Gasteiger partial charge < -0.3 is 0 Å². The van der Waals surface area contributed by atoms with Crippen molar-refractivity contribution in [3.8, 4) is 0 Å². The number of sulfone groups is 2. The molecule has 0 aromatic heterocycles. The van der Waals surface area contributed by atoms with Crippen LogP contribution >= 0.6 is 0 Å². The molecule has 2 aromatic rings. The van der Waals surface area contributed by atoms with Crippen molar-refractivity contribution in [2.24, 2.45) is 0 Å². The Balaban J connectivity index is 2.54. The van der Waals surface area contributed by atoms with E-state index in [1.165, 1.54) is 0 Å². The van der Waals surface area contributed by atoms with Gasteiger partial charge in [0.2, 0.25) is 21.5 Å². The summed E-state index contributed by atoms with van der Waals surface area (Å²) in [5.41, 5.74) is -4.58. The van der Waals surface area contributed by atoms with Crippen LogP contribution in [0.2, 0.25) is 0 Å². The highest BCUT2D eigenvalue weighted by Gasteiger charge is 2.35. The monoisotopic (exact) mass is 564 g/mol. The van der Waals surface area contributed by atoms with E-state index in [-0.39, 0.29) is 6.08 Å². The van der Waals surface area contributed by atoms with Crippen LogP contribution in [0.1, 0.15) is 11.1 Å². The Morgan fingerprint density at radius 3 is 1.31 bits per heavy atom. The predicted octanol–water partition coefficient (Wildman–Crippen LogP) is 5.10. The molecule has 0 heterocycles. The van der Waals surface area contributed by atoms with Gasteiger partial charge in [0.15, 0.2) is 67.3 Å². The fourth-order valence-corrected chi connectivity index (χ4v) is 5.46. The molecule has 0 aliphatic carbocycles. The van der Waals surface area contributed by atoms with Crippen molar-refractivity contribution in [1.82, 2.24) is 0 Å². The van der Waals surface area contributed by atoms with Gasteiger partial charge in [-0.15, -0.1) is 0 Å². The molecule has 0 unspecified atom stereocenters. The first-order valence-corrected chi connectivity index (χ1v) is 11.4. The lowest BCUT2D eigenvalue weighted by Crippen LogP contribution is -2.16. The molecule has 0 fully saturated rings. The minimum absolute atomic E-state index is 0.330. The van der Waals surface area contributed by atoms with E-state index in [2.05, 4.69) is 0 Å². The number of rotatable bonds is 6. The fourth-order valence-electron chi connectivity index (χ4n) is 2.28. The summed E-state index contributed by atoms with van der Waals surface area (Å²) >= 11 is 0.